The largest absolute Gasteiger partial charge is 0.464 e. The molecule has 28 heavy (non-hydrogen) atoms. The Morgan fingerprint density at radius 3 is 2.54 bits per heavy atom. The molecule has 5 rings (SSSR count). The number of fused-ring (bicyclic) bond motifs is 3. The van der Waals surface area contributed by atoms with E-state index in [-0.39, 0.29) is 11.9 Å². The first kappa shape index (κ1) is 17.5. The van der Waals surface area contributed by atoms with Gasteiger partial charge in [0, 0.05) is 22.6 Å². The number of nitrogens with zero attached hydrogens (tertiary/aromatic N) is 2. The van der Waals surface area contributed by atoms with Crippen molar-refractivity contribution in [1.82, 2.24) is 5.01 Å². The Morgan fingerprint density at radius 1 is 0.964 bits per heavy atom. The first-order chi connectivity index (χ1) is 13.6. The van der Waals surface area contributed by atoms with Crippen LogP contribution in [-0.2, 0) is 0 Å². The number of hydrogen-bond donors (Lipinski definition) is 0. The van der Waals surface area contributed by atoms with Gasteiger partial charge in [0.2, 0.25) is 6.23 Å². The quantitative estimate of drug-likeness (QED) is 0.487. The third-order valence-electron chi connectivity index (χ3n) is 5.11. The van der Waals surface area contributed by atoms with E-state index < -0.39 is 6.23 Å². The summed E-state index contributed by atoms with van der Waals surface area (Å²) >= 11 is 12.5. The van der Waals surface area contributed by atoms with Gasteiger partial charge in [-0.25, -0.2) is 9.40 Å². The summed E-state index contributed by atoms with van der Waals surface area (Å²) in [6.07, 6.45) is 0.232. The van der Waals surface area contributed by atoms with Crippen molar-refractivity contribution in [3.8, 4) is 5.75 Å². The summed E-state index contributed by atoms with van der Waals surface area (Å²) in [5, 5.41) is 7.88. The van der Waals surface area contributed by atoms with Gasteiger partial charge >= 0.3 is 0 Å². The molecule has 0 spiro atoms. The molecule has 2 heterocycles. The normalized spacial score (nSPS) is 20.2. The average molecular weight is 413 g/mol. The van der Waals surface area contributed by atoms with Gasteiger partial charge in [0.05, 0.1) is 16.8 Å². The first-order valence-electron chi connectivity index (χ1n) is 8.92. The summed E-state index contributed by atoms with van der Waals surface area (Å²) in [7, 11) is 0. The Morgan fingerprint density at radius 2 is 1.75 bits per heavy atom. The fourth-order valence-corrected chi connectivity index (χ4v) is 4.26. The van der Waals surface area contributed by atoms with Gasteiger partial charge in [0.1, 0.15) is 11.6 Å². The molecule has 6 heteroatoms. The summed E-state index contributed by atoms with van der Waals surface area (Å²) in [5.74, 6) is 0.551. The topological polar surface area (TPSA) is 24.8 Å². The molecular weight excluding hydrogens is 398 g/mol. The van der Waals surface area contributed by atoms with Gasteiger partial charge in [-0.1, -0.05) is 59.6 Å². The van der Waals surface area contributed by atoms with Crippen LogP contribution in [0, 0.1) is 5.82 Å². The number of hydrogen-bond acceptors (Lipinski definition) is 3. The van der Waals surface area contributed by atoms with E-state index in [0.717, 1.165) is 28.2 Å². The van der Waals surface area contributed by atoms with Crippen molar-refractivity contribution in [2.24, 2.45) is 5.10 Å². The second kappa shape index (κ2) is 6.80. The maximum Gasteiger partial charge on any atom is 0.215 e. The molecule has 3 nitrogen and oxygen atoms in total. The van der Waals surface area contributed by atoms with Crippen molar-refractivity contribution >= 4 is 28.9 Å². The molecule has 2 atom stereocenters. The smallest absolute Gasteiger partial charge is 0.215 e. The van der Waals surface area contributed by atoms with E-state index in [9.17, 15) is 4.39 Å². The minimum atomic E-state index is -0.470. The minimum absolute atomic E-state index is 0.0155. The highest BCUT2D eigenvalue weighted by Gasteiger charge is 2.41. The second-order valence-corrected chi connectivity index (χ2v) is 7.67. The molecule has 2 aliphatic heterocycles. The Labute approximate surface area is 172 Å². The van der Waals surface area contributed by atoms with Gasteiger partial charge in [0.25, 0.3) is 0 Å². The minimum Gasteiger partial charge on any atom is -0.464 e. The fourth-order valence-electron chi connectivity index (χ4n) is 3.76. The van der Waals surface area contributed by atoms with Crippen molar-refractivity contribution in [3.63, 3.8) is 0 Å². The van der Waals surface area contributed by atoms with Crippen LogP contribution in [0.1, 0.15) is 35.4 Å². The highest BCUT2D eigenvalue weighted by atomic mass is 35.5. The van der Waals surface area contributed by atoms with Crippen molar-refractivity contribution in [2.45, 2.75) is 18.7 Å². The number of para-hydroxylation sites is 1. The van der Waals surface area contributed by atoms with Crippen LogP contribution < -0.4 is 4.74 Å². The van der Waals surface area contributed by atoms with E-state index in [1.807, 2.05) is 29.3 Å². The van der Waals surface area contributed by atoms with Crippen LogP contribution in [0.15, 0.2) is 71.8 Å². The molecule has 0 N–H and O–H groups in total. The van der Waals surface area contributed by atoms with Gasteiger partial charge in [-0.3, -0.25) is 0 Å². The summed E-state index contributed by atoms with van der Waals surface area (Å²) in [4.78, 5) is 0. The van der Waals surface area contributed by atoms with Crippen LogP contribution >= 0.6 is 23.2 Å². The van der Waals surface area contributed by atoms with Crippen LogP contribution in [0.3, 0.4) is 0 Å². The van der Waals surface area contributed by atoms with E-state index in [4.69, 9.17) is 33.0 Å². The van der Waals surface area contributed by atoms with Crippen LogP contribution in [0.5, 0.6) is 5.75 Å². The zero-order valence-electron chi connectivity index (χ0n) is 14.6. The summed E-state index contributed by atoms with van der Waals surface area (Å²) in [6, 6.07) is 19.7. The molecule has 0 saturated heterocycles. The molecule has 3 aromatic carbocycles. The third-order valence-corrected chi connectivity index (χ3v) is 5.67. The van der Waals surface area contributed by atoms with Gasteiger partial charge in [-0.15, -0.1) is 0 Å². The van der Waals surface area contributed by atoms with Gasteiger partial charge < -0.3 is 4.74 Å². The lowest BCUT2D eigenvalue weighted by atomic mass is 9.96. The molecule has 0 aliphatic carbocycles. The SMILES string of the molecule is Fc1ccc(C2=NN3C(C2)c2ccccc2OC3c2ccc(Cl)cc2Cl)cc1. The highest BCUT2D eigenvalue weighted by molar-refractivity contribution is 6.35. The van der Waals surface area contributed by atoms with E-state index in [1.54, 1.807) is 24.3 Å². The van der Waals surface area contributed by atoms with Crippen LogP contribution in [0.25, 0.3) is 0 Å². The third kappa shape index (κ3) is 2.93. The Balaban J connectivity index is 1.61. The average Bonchev–Trinajstić information content (AvgIpc) is 3.14. The number of benzene rings is 3. The lowest BCUT2D eigenvalue weighted by Gasteiger charge is -2.38. The van der Waals surface area contributed by atoms with Gasteiger partial charge in [-0.05, 0) is 35.9 Å². The Bertz CT molecular complexity index is 1080. The summed E-state index contributed by atoms with van der Waals surface area (Å²) < 4.78 is 19.6. The van der Waals surface area contributed by atoms with Crippen molar-refractivity contribution < 1.29 is 9.13 Å². The fraction of sp³-hybridized carbons (Fsp3) is 0.136. The van der Waals surface area contributed by atoms with Crippen molar-refractivity contribution in [3.05, 3.63) is 99.3 Å². The zero-order chi connectivity index (χ0) is 19.3. The molecular formula is C22H15Cl2FN2O. The van der Waals surface area contributed by atoms with Crippen LogP contribution in [0.2, 0.25) is 10.0 Å². The predicted molar refractivity (Wildman–Crippen MR) is 108 cm³/mol. The number of hydrazone groups is 1. The molecule has 0 radical (unpaired) electrons. The predicted octanol–water partition coefficient (Wildman–Crippen LogP) is 6.37. The molecule has 0 bridgehead atoms. The van der Waals surface area contributed by atoms with Gasteiger partial charge in [-0.2, -0.15) is 5.10 Å². The molecule has 0 amide bonds. The number of rotatable bonds is 2. The van der Waals surface area contributed by atoms with E-state index in [1.165, 1.54) is 12.1 Å². The molecule has 0 aromatic heterocycles. The molecule has 2 aliphatic rings. The van der Waals surface area contributed by atoms with Crippen molar-refractivity contribution in [1.29, 1.82) is 0 Å². The van der Waals surface area contributed by atoms with Crippen molar-refractivity contribution in [2.75, 3.05) is 0 Å². The first-order valence-corrected chi connectivity index (χ1v) is 9.68. The van der Waals surface area contributed by atoms with E-state index >= 15 is 0 Å². The summed E-state index contributed by atoms with van der Waals surface area (Å²) in [6.45, 7) is 0. The monoisotopic (exact) mass is 412 g/mol. The summed E-state index contributed by atoms with van der Waals surface area (Å²) in [5.41, 5.74) is 3.66. The van der Waals surface area contributed by atoms with Crippen LogP contribution in [-0.4, -0.2) is 10.7 Å². The number of halogens is 3. The molecule has 140 valence electrons. The molecule has 2 unspecified atom stereocenters. The molecule has 3 aromatic rings. The second-order valence-electron chi connectivity index (χ2n) is 6.83. The maximum atomic E-state index is 13.3. The van der Waals surface area contributed by atoms with E-state index in [2.05, 4.69) is 6.07 Å². The molecule has 0 saturated carbocycles. The van der Waals surface area contributed by atoms with Gasteiger partial charge in [0.15, 0.2) is 0 Å². The maximum absolute atomic E-state index is 13.3. The van der Waals surface area contributed by atoms with E-state index in [0.29, 0.717) is 16.5 Å². The standard InChI is InChI=1S/C22H15Cl2FN2O/c23-14-7-10-16(18(24)11-14)22-27-20(17-3-1-2-4-21(17)28-22)12-19(26-27)13-5-8-15(25)9-6-13/h1-11,20,22H,12H2. The lowest BCUT2D eigenvalue weighted by molar-refractivity contribution is -0.0189. The highest BCUT2D eigenvalue weighted by Crippen LogP contribution is 2.48. The Kier molecular flexibility index (Phi) is 4.26. The zero-order valence-corrected chi connectivity index (χ0v) is 16.2. The number of ether oxygens (including phenoxy) is 1. The Hall–Kier alpha value is -2.56. The molecule has 0 fully saturated rings. The lowest BCUT2D eigenvalue weighted by Crippen LogP contribution is -2.33. The van der Waals surface area contributed by atoms with Crippen LogP contribution in [0.4, 0.5) is 4.39 Å².